The Morgan fingerprint density at radius 3 is 2.56 bits per heavy atom. The topological polar surface area (TPSA) is 52.7 Å². The smallest absolute Gasteiger partial charge is 0.253 e. The molecule has 1 N–H and O–H groups in total. The number of rotatable bonds is 4. The molecule has 27 heavy (non-hydrogen) atoms. The van der Waals surface area contributed by atoms with Gasteiger partial charge in [0.25, 0.3) is 5.91 Å². The van der Waals surface area contributed by atoms with Crippen LogP contribution < -0.4 is 5.32 Å². The number of hydrogen-bond donors (Lipinski definition) is 1. The number of hydrogen-bond acceptors (Lipinski definition) is 3. The van der Waals surface area contributed by atoms with Crippen LogP contribution in [0.4, 0.5) is 5.69 Å². The first-order chi connectivity index (χ1) is 13.0. The van der Waals surface area contributed by atoms with Gasteiger partial charge in [0.1, 0.15) is 0 Å². The van der Waals surface area contributed by atoms with Crippen molar-refractivity contribution in [3.05, 3.63) is 64.7 Å². The molecule has 3 rings (SSSR count). The van der Waals surface area contributed by atoms with Crippen LogP contribution in [0.1, 0.15) is 22.3 Å². The van der Waals surface area contributed by atoms with Gasteiger partial charge in [-0.3, -0.25) is 14.5 Å². The van der Waals surface area contributed by atoms with Gasteiger partial charge in [0.05, 0.1) is 6.54 Å². The zero-order chi connectivity index (χ0) is 19.2. The summed E-state index contributed by atoms with van der Waals surface area (Å²) in [4.78, 5) is 28.9. The fraction of sp³-hybridized carbons (Fsp3) is 0.333. The molecule has 1 saturated heterocycles. The fourth-order valence-corrected chi connectivity index (χ4v) is 3.37. The lowest BCUT2D eigenvalue weighted by atomic mass is 10.2. The van der Waals surface area contributed by atoms with E-state index < -0.39 is 0 Å². The minimum Gasteiger partial charge on any atom is -0.337 e. The van der Waals surface area contributed by atoms with Gasteiger partial charge in [-0.05, 0) is 43.7 Å². The second kappa shape index (κ2) is 9.02. The highest BCUT2D eigenvalue weighted by Gasteiger charge is 2.21. The molecule has 2 aromatic rings. The van der Waals surface area contributed by atoms with Gasteiger partial charge in [-0.1, -0.05) is 35.4 Å². The highest BCUT2D eigenvalue weighted by Crippen LogP contribution is 2.14. The third-order valence-corrected chi connectivity index (χ3v) is 4.88. The molecule has 1 aliphatic rings. The maximum atomic E-state index is 12.7. The minimum atomic E-state index is -0.0338. The third kappa shape index (κ3) is 5.55. The molecular weight excluding hydrogens is 362 g/mol. The molecule has 0 aromatic heterocycles. The van der Waals surface area contributed by atoms with Crippen LogP contribution >= 0.6 is 11.6 Å². The summed E-state index contributed by atoms with van der Waals surface area (Å²) in [5.41, 5.74) is 2.57. The average molecular weight is 386 g/mol. The number of carbonyl (C=O) groups excluding carboxylic acids is 2. The average Bonchev–Trinajstić information content (AvgIpc) is 2.88. The molecule has 0 saturated carbocycles. The molecule has 0 radical (unpaired) electrons. The quantitative estimate of drug-likeness (QED) is 0.877. The van der Waals surface area contributed by atoms with Gasteiger partial charge in [0.15, 0.2) is 0 Å². The van der Waals surface area contributed by atoms with Crippen LogP contribution in [0.3, 0.4) is 0 Å². The number of amides is 2. The van der Waals surface area contributed by atoms with Crippen LogP contribution in [0.25, 0.3) is 0 Å². The molecule has 5 nitrogen and oxygen atoms in total. The summed E-state index contributed by atoms with van der Waals surface area (Å²) in [5, 5.41) is 3.49. The molecule has 142 valence electrons. The number of aryl methyl sites for hydroxylation is 1. The Hall–Kier alpha value is -2.37. The van der Waals surface area contributed by atoms with Crippen molar-refractivity contribution in [3.8, 4) is 0 Å². The predicted molar refractivity (Wildman–Crippen MR) is 108 cm³/mol. The van der Waals surface area contributed by atoms with E-state index >= 15 is 0 Å². The van der Waals surface area contributed by atoms with Crippen LogP contribution in [-0.2, 0) is 4.79 Å². The summed E-state index contributed by atoms with van der Waals surface area (Å²) >= 11 is 5.99. The Morgan fingerprint density at radius 2 is 1.81 bits per heavy atom. The Labute approximate surface area is 164 Å². The zero-order valence-electron chi connectivity index (χ0n) is 15.5. The molecule has 0 atom stereocenters. The van der Waals surface area contributed by atoms with Gasteiger partial charge >= 0.3 is 0 Å². The van der Waals surface area contributed by atoms with Crippen molar-refractivity contribution in [2.75, 3.05) is 38.0 Å². The molecule has 0 unspecified atom stereocenters. The number of nitrogens with zero attached hydrogens (tertiary/aromatic N) is 2. The summed E-state index contributed by atoms with van der Waals surface area (Å²) in [6, 6.07) is 14.8. The van der Waals surface area contributed by atoms with Gasteiger partial charge < -0.3 is 10.2 Å². The first-order valence-electron chi connectivity index (χ1n) is 9.15. The summed E-state index contributed by atoms with van der Waals surface area (Å²) in [6.07, 6.45) is 0.837. The normalized spacial score (nSPS) is 15.3. The van der Waals surface area contributed by atoms with Gasteiger partial charge in [0, 0.05) is 42.5 Å². The first kappa shape index (κ1) is 19.4. The lowest BCUT2D eigenvalue weighted by Crippen LogP contribution is -2.38. The second-order valence-electron chi connectivity index (χ2n) is 6.85. The number of halogens is 1. The standard InChI is InChI=1S/C21H24ClN3O2/c1-16-6-8-19(9-7-16)23-20(26)15-24-10-3-11-25(13-12-24)21(27)17-4-2-5-18(22)14-17/h2,4-9,14H,3,10-13,15H2,1H3,(H,23,26). The second-order valence-corrected chi connectivity index (χ2v) is 7.28. The van der Waals surface area contributed by atoms with Crippen molar-refractivity contribution >= 4 is 29.1 Å². The Bertz CT molecular complexity index is 807. The van der Waals surface area contributed by atoms with Crippen LogP contribution in [0.2, 0.25) is 5.02 Å². The molecular formula is C21H24ClN3O2. The zero-order valence-corrected chi connectivity index (χ0v) is 16.2. The summed E-state index contributed by atoms with van der Waals surface area (Å²) in [5.74, 6) is -0.0445. The van der Waals surface area contributed by atoms with E-state index in [2.05, 4.69) is 10.2 Å². The number of anilines is 1. The molecule has 1 fully saturated rings. The molecule has 1 heterocycles. The Kier molecular flexibility index (Phi) is 6.48. The van der Waals surface area contributed by atoms with Gasteiger partial charge in [-0.2, -0.15) is 0 Å². The van der Waals surface area contributed by atoms with E-state index in [-0.39, 0.29) is 11.8 Å². The summed E-state index contributed by atoms with van der Waals surface area (Å²) in [7, 11) is 0. The fourth-order valence-electron chi connectivity index (χ4n) is 3.18. The van der Waals surface area contributed by atoms with E-state index in [0.29, 0.717) is 36.8 Å². The van der Waals surface area contributed by atoms with E-state index in [4.69, 9.17) is 11.6 Å². The summed E-state index contributed by atoms with van der Waals surface area (Å²) in [6.45, 7) is 5.09. The number of carbonyl (C=O) groups is 2. The molecule has 6 heteroatoms. The van der Waals surface area contributed by atoms with Crippen LogP contribution in [0.15, 0.2) is 48.5 Å². The van der Waals surface area contributed by atoms with Crippen molar-refractivity contribution in [2.24, 2.45) is 0 Å². The molecule has 2 amide bonds. The molecule has 2 aromatic carbocycles. The van der Waals surface area contributed by atoms with E-state index in [9.17, 15) is 9.59 Å². The van der Waals surface area contributed by atoms with Gasteiger partial charge in [-0.25, -0.2) is 0 Å². The Balaban J connectivity index is 1.52. The monoisotopic (exact) mass is 385 g/mol. The van der Waals surface area contributed by atoms with Gasteiger partial charge in [-0.15, -0.1) is 0 Å². The van der Waals surface area contributed by atoms with E-state index in [1.165, 1.54) is 0 Å². The van der Waals surface area contributed by atoms with Crippen LogP contribution in [0, 0.1) is 6.92 Å². The Morgan fingerprint density at radius 1 is 1.04 bits per heavy atom. The molecule has 0 spiro atoms. The minimum absolute atomic E-state index is 0.0107. The van der Waals surface area contributed by atoms with Crippen LogP contribution in [-0.4, -0.2) is 54.3 Å². The van der Waals surface area contributed by atoms with Crippen molar-refractivity contribution in [1.29, 1.82) is 0 Å². The highest BCUT2D eigenvalue weighted by molar-refractivity contribution is 6.30. The van der Waals surface area contributed by atoms with Gasteiger partial charge in [0.2, 0.25) is 5.91 Å². The lowest BCUT2D eigenvalue weighted by molar-refractivity contribution is -0.117. The van der Waals surface area contributed by atoms with Crippen LogP contribution in [0.5, 0.6) is 0 Å². The maximum absolute atomic E-state index is 12.7. The highest BCUT2D eigenvalue weighted by atomic mass is 35.5. The van der Waals surface area contributed by atoms with Crippen molar-refractivity contribution in [1.82, 2.24) is 9.80 Å². The molecule has 0 bridgehead atoms. The third-order valence-electron chi connectivity index (χ3n) is 4.65. The van der Waals surface area contributed by atoms with Crippen molar-refractivity contribution in [2.45, 2.75) is 13.3 Å². The molecule has 0 aliphatic carbocycles. The largest absolute Gasteiger partial charge is 0.337 e. The molecule has 1 aliphatic heterocycles. The summed E-state index contributed by atoms with van der Waals surface area (Å²) < 4.78 is 0. The van der Waals surface area contributed by atoms with Crippen molar-refractivity contribution in [3.63, 3.8) is 0 Å². The lowest BCUT2D eigenvalue weighted by Gasteiger charge is -2.22. The van der Waals surface area contributed by atoms with Crippen molar-refractivity contribution < 1.29 is 9.59 Å². The number of nitrogens with one attached hydrogen (secondary N) is 1. The predicted octanol–water partition coefficient (Wildman–Crippen LogP) is 3.44. The SMILES string of the molecule is Cc1ccc(NC(=O)CN2CCCN(C(=O)c3cccc(Cl)c3)CC2)cc1. The maximum Gasteiger partial charge on any atom is 0.253 e. The van der Waals surface area contributed by atoms with E-state index in [0.717, 1.165) is 24.2 Å². The van der Waals surface area contributed by atoms with E-state index in [1.807, 2.05) is 36.1 Å². The van der Waals surface area contributed by atoms with E-state index in [1.54, 1.807) is 24.3 Å². The first-order valence-corrected chi connectivity index (χ1v) is 9.53. The number of benzene rings is 2.